The molecule has 0 fully saturated rings. The van der Waals surface area contributed by atoms with Crippen molar-refractivity contribution in [3.63, 3.8) is 0 Å². The molecule has 0 atom stereocenters. The largest absolute Gasteiger partial charge is 0.270 e. The molecule has 116 valence electrons. The fourth-order valence-corrected chi connectivity index (χ4v) is 2.58. The van der Waals surface area contributed by atoms with E-state index in [1.807, 2.05) is 0 Å². The second-order valence-electron chi connectivity index (χ2n) is 4.92. The van der Waals surface area contributed by atoms with E-state index in [-0.39, 0.29) is 28.4 Å². The third-order valence-corrected chi connectivity index (χ3v) is 3.86. The quantitative estimate of drug-likeness (QED) is 0.490. The third kappa shape index (κ3) is 2.55. The van der Waals surface area contributed by atoms with Crippen molar-refractivity contribution in [3.8, 4) is 0 Å². The van der Waals surface area contributed by atoms with Crippen molar-refractivity contribution in [2.45, 2.75) is 6.54 Å². The van der Waals surface area contributed by atoms with E-state index in [4.69, 9.17) is 11.6 Å². The van der Waals surface area contributed by atoms with Gasteiger partial charge in [-0.1, -0.05) is 17.7 Å². The number of amides is 2. The van der Waals surface area contributed by atoms with Crippen LogP contribution >= 0.6 is 11.6 Å². The highest BCUT2D eigenvalue weighted by Crippen LogP contribution is 2.29. The maximum atomic E-state index is 13.1. The molecular weight excluding hydrogens is 327 g/mol. The van der Waals surface area contributed by atoms with E-state index in [0.29, 0.717) is 5.56 Å². The number of carbonyl (C=O) groups excluding carboxylic acids is 2. The summed E-state index contributed by atoms with van der Waals surface area (Å²) < 4.78 is 13.1. The van der Waals surface area contributed by atoms with Gasteiger partial charge in [0.2, 0.25) is 0 Å². The van der Waals surface area contributed by atoms with Crippen LogP contribution in [0.3, 0.4) is 0 Å². The number of nitro benzene ring substituents is 1. The van der Waals surface area contributed by atoms with Crippen molar-refractivity contribution >= 4 is 29.1 Å². The Morgan fingerprint density at radius 3 is 2.43 bits per heavy atom. The zero-order valence-electron chi connectivity index (χ0n) is 11.5. The molecule has 0 unspecified atom stereocenters. The van der Waals surface area contributed by atoms with Gasteiger partial charge in [-0.3, -0.25) is 24.6 Å². The molecule has 0 radical (unpaired) electrons. The van der Waals surface area contributed by atoms with Crippen LogP contribution in [0.4, 0.5) is 10.1 Å². The van der Waals surface area contributed by atoms with Crippen molar-refractivity contribution in [1.29, 1.82) is 0 Å². The molecule has 2 aromatic carbocycles. The highest BCUT2D eigenvalue weighted by Gasteiger charge is 2.37. The van der Waals surface area contributed by atoms with Crippen molar-refractivity contribution in [2.75, 3.05) is 0 Å². The number of fused-ring (bicyclic) bond motifs is 1. The first-order valence-corrected chi connectivity index (χ1v) is 6.85. The van der Waals surface area contributed by atoms with Crippen LogP contribution in [0.15, 0.2) is 36.4 Å². The maximum Gasteiger partial charge on any atom is 0.270 e. The van der Waals surface area contributed by atoms with Gasteiger partial charge in [0.1, 0.15) is 5.82 Å². The predicted octanol–water partition coefficient (Wildman–Crippen LogP) is 3.18. The summed E-state index contributed by atoms with van der Waals surface area (Å²) in [7, 11) is 0. The van der Waals surface area contributed by atoms with Gasteiger partial charge >= 0.3 is 0 Å². The van der Waals surface area contributed by atoms with Gasteiger partial charge in [0.25, 0.3) is 17.5 Å². The molecule has 2 aromatic rings. The summed E-state index contributed by atoms with van der Waals surface area (Å²) in [5, 5.41) is 10.9. The molecule has 0 bridgehead atoms. The first-order valence-electron chi connectivity index (χ1n) is 6.47. The number of imide groups is 1. The fourth-order valence-electron chi connectivity index (χ4n) is 2.36. The molecule has 8 heteroatoms. The molecule has 0 spiro atoms. The van der Waals surface area contributed by atoms with Gasteiger partial charge in [-0.15, -0.1) is 0 Å². The first kappa shape index (κ1) is 15.1. The summed E-state index contributed by atoms with van der Waals surface area (Å²) >= 11 is 5.90. The molecular formula is C15H8ClFN2O4. The highest BCUT2D eigenvalue weighted by atomic mass is 35.5. The van der Waals surface area contributed by atoms with Gasteiger partial charge in [-0.25, -0.2) is 4.39 Å². The van der Waals surface area contributed by atoms with Crippen LogP contribution in [-0.4, -0.2) is 21.6 Å². The number of carbonyl (C=O) groups is 2. The minimum atomic E-state index is -0.644. The minimum Gasteiger partial charge on any atom is -0.270 e. The Bertz CT molecular complexity index is 869. The summed E-state index contributed by atoms with van der Waals surface area (Å²) in [5.74, 6) is -1.74. The number of hydrogen-bond donors (Lipinski definition) is 0. The molecule has 2 amide bonds. The minimum absolute atomic E-state index is 0.0255. The summed E-state index contributed by atoms with van der Waals surface area (Å²) in [6.45, 7) is -0.140. The molecule has 23 heavy (non-hydrogen) atoms. The van der Waals surface area contributed by atoms with Crippen LogP contribution in [0.25, 0.3) is 0 Å². The SMILES string of the molecule is O=C1c2ccc([N+](=O)[O-])cc2C(=O)N1Cc1ccc(F)cc1Cl. The summed E-state index contributed by atoms with van der Waals surface area (Å²) in [6.07, 6.45) is 0. The number of hydrogen-bond acceptors (Lipinski definition) is 4. The molecule has 0 aromatic heterocycles. The van der Waals surface area contributed by atoms with E-state index < -0.39 is 22.6 Å². The highest BCUT2D eigenvalue weighted by molar-refractivity contribution is 6.31. The lowest BCUT2D eigenvalue weighted by Gasteiger charge is -2.14. The Morgan fingerprint density at radius 2 is 1.78 bits per heavy atom. The van der Waals surface area contributed by atoms with Crippen LogP contribution in [0.5, 0.6) is 0 Å². The molecule has 1 aliphatic rings. The fraction of sp³-hybridized carbons (Fsp3) is 0.0667. The number of benzene rings is 2. The first-order chi connectivity index (χ1) is 10.9. The van der Waals surface area contributed by atoms with Crippen LogP contribution in [0, 0.1) is 15.9 Å². The predicted molar refractivity (Wildman–Crippen MR) is 78.7 cm³/mol. The number of non-ortho nitro benzene ring substituents is 1. The van der Waals surface area contributed by atoms with Gasteiger partial charge in [0.05, 0.1) is 22.6 Å². The van der Waals surface area contributed by atoms with Crippen LogP contribution in [0.2, 0.25) is 5.02 Å². The van der Waals surface area contributed by atoms with E-state index in [9.17, 15) is 24.1 Å². The Kier molecular flexibility index (Phi) is 3.57. The molecule has 0 aliphatic carbocycles. The molecule has 0 saturated heterocycles. The Labute approximate surface area is 134 Å². The Hall–Kier alpha value is -2.80. The Balaban J connectivity index is 1.95. The van der Waals surface area contributed by atoms with Crippen molar-refractivity contribution in [2.24, 2.45) is 0 Å². The second kappa shape index (κ2) is 5.44. The third-order valence-electron chi connectivity index (χ3n) is 3.51. The monoisotopic (exact) mass is 334 g/mol. The maximum absolute atomic E-state index is 13.1. The van der Waals surface area contributed by atoms with Gasteiger partial charge < -0.3 is 0 Å². The molecule has 1 aliphatic heterocycles. The lowest BCUT2D eigenvalue weighted by Crippen LogP contribution is -2.29. The zero-order valence-corrected chi connectivity index (χ0v) is 12.2. The molecule has 0 saturated carbocycles. The number of halogens is 2. The van der Waals surface area contributed by atoms with Gasteiger partial charge in [-0.05, 0) is 23.8 Å². The van der Waals surface area contributed by atoms with Gasteiger partial charge in [0, 0.05) is 17.2 Å². The lowest BCUT2D eigenvalue weighted by atomic mass is 10.1. The second-order valence-corrected chi connectivity index (χ2v) is 5.33. The standard InChI is InChI=1S/C15H8ClFN2O4/c16-13-5-9(17)2-1-8(13)7-18-14(20)11-4-3-10(19(22)23)6-12(11)15(18)21/h1-6H,7H2. The van der Waals surface area contributed by atoms with Crippen molar-refractivity contribution < 1.29 is 18.9 Å². The van der Waals surface area contributed by atoms with Crippen LogP contribution in [-0.2, 0) is 6.54 Å². The van der Waals surface area contributed by atoms with Gasteiger partial charge in [0.15, 0.2) is 0 Å². The summed E-state index contributed by atoms with van der Waals surface area (Å²) in [5.41, 5.74) is 0.199. The lowest BCUT2D eigenvalue weighted by molar-refractivity contribution is -0.384. The average molecular weight is 335 g/mol. The van der Waals surface area contributed by atoms with E-state index in [1.165, 1.54) is 24.3 Å². The van der Waals surface area contributed by atoms with Crippen LogP contribution < -0.4 is 0 Å². The van der Waals surface area contributed by atoms with Crippen LogP contribution in [0.1, 0.15) is 26.3 Å². The molecule has 0 N–H and O–H groups in total. The molecule has 1 heterocycles. The van der Waals surface area contributed by atoms with E-state index in [2.05, 4.69) is 0 Å². The number of nitro groups is 1. The average Bonchev–Trinajstić information content (AvgIpc) is 2.74. The zero-order chi connectivity index (χ0) is 16.7. The number of rotatable bonds is 3. The van der Waals surface area contributed by atoms with E-state index in [1.54, 1.807) is 0 Å². The summed E-state index contributed by atoms with van der Waals surface area (Å²) in [4.78, 5) is 35.7. The smallest absolute Gasteiger partial charge is 0.270 e. The molecule has 6 nitrogen and oxygen atoms in total. The van der Waals surface area contributed by atoms with E-state index in [0.717, 1.165) is 17.0 Å². The topological polar surface area (TPSA) is 80.5 Å². The van der Waals surface area contributed by atoms with Gasteiger partial charge in [-0.2, -0.15) is 0 Å². The Morgan fingerprint density at radius 1 is 1.09 bits per heavy atom. The van der Waals surface area contributed by atoms with Crippen molar-refractivity contribution in [1.82, 2.24) is 4.90 Å². The van der Waals surface area contributed by atoms with Crippen molar-refractivity contribution in [3.05, 3.63) is 74.0 Å². The number of nitrogens with zero attached hydrogens (tertiary/aromatic N) is 2. The molecule has 3 rings (SSSR count). The normalized spacial score (nSPS) is 13.4. The van der Waals surface area contributed by atoms with E-state index >= 15 is 0 Å². The summed E-state index contributed by atoms with van der Waals surface area (Å²) in [6, 6.07) is 7.12.